The predicted octanol–water partition coefficient (Wildman–Crippen LogP) is 5.03. The first-order chi connectivity index (χ1) is 15.9. The Bertz CT molecular complexity index is 1480. The summed E-state index contributed by atoms with van der Waals surface area (Å²) in [7, 11) is 1.29. The van der Waals surface area contributed by atoms with Crippen LogP contribution in [0.25, 0.3) is 11.0 Å². The van der Waals surface area contributed by atoms with E-state index in [1.807, 2.05) is 0 Å². The summed E-state index contributed by atoms with van der Waals surface area (Å²) in [5, 5.41) is 1.03. The molecule has 2 aromatic heterocycles. The molecular formula is C24H14Cl2N2O5. The van der Waals surface area contributed by atoms with Gasteiger partial charge in [0.1, 0.15) is 11.4 Å². The fraction of sp³-hybridized carbons (Fsp3) is 0.0833. The number of nitrogens with zero attached hydrogens (tertiary/aromatic N) is 2. The van der Waals surface area contributed by atoms with Crippen molar-refractivity contribution < 1.29 is 18.7 Å². The van der Waals surface area contributed by atoms with Crippen LogP contribution in [0, 0.1) is 0 Å². The largest absolute Gasteiger partial charge is 0.465 e. The minimum atomic E-state index is -0.840. The summed E-state index contributed by atoms with van der Waals surface area (Å²) in [6, 6.07) is 13.4. The van der Waals surface area contributed by atoms with Crippen LogP contribution < -0.4 is 10.3 Å². The van der Waals surface area contributed by atoms with Gasteiger partial charge in [0, 0.05) is 11.2 Å². The van der Waals surface area contributed by atoms with E-state index in [-0.39, 0.29) is 27.7 Å². The van der Waals surface area contributed by atoms with Crippen LogP contribution in [0.1, 0.15) is 38.1 Å². The van der Waals surface area contributed by atoms with Gasteiger partial charge < -0.3 is 9.15 Å². The Balaban J connectivity index is 1.76. The number of ether oxygens (including phenoxy) is 1. The van der Waals surface area contributed by atoms with Gasteiger partial charge in [-0.15, -0.1) is 0 Å². The Morgan fingerprint density at radius 3 is 2.42 bits per heavy atom. The van der Waals surface area contributed by atoms with Crippen LogP contribution in [0.5, 0.6) is 0 Å². The molecule has 4 aromatic rings. The lowest BCUT2D eigenvalue weighted by atomic mass is 9.97. The van der Waals surface area contributed by atoms with Gasteiger partial charge in [-0.25, -0.2) is 9.78 Å². The minimum absolute atomic E-state index is 0.0754. The number of carbonyl (C=O) groups excluding carboxylic acids is 2. The predicted molar refractivity (Wildman–Crippen MR) is 123 cm³/mol. The van der Waals surface area contributed by atoms with Gasteiger partial charge in [-0.05, 0) is 48.0 Å². The monoisotopic (exact) mass is 480 g/mol. The Hall–Kier alpha value is -3.68. The van der Waals surface area contributed by atoms with E-state index in [9.17, 15) is 14.4 Å². The average Bonchev–Trinajstić information content (AvgIpc) is 3.12. The third kappa shape index (κ3) is 3.46. The standard InChI is InChI=1S/C24H14Cl2N2O5/c1-32-24(31)13-4-2-12(3-5-13)20-19-21(29)16-10-14(25)6-8-17(16)33-22(19)23(30)28(20)18-9-7-15(26)11-27-18/h2-11,20H,1H3. The lowest BCUT2D eigenvalue weighted by Crippen LogP contribution is -2.30. The molecule has 1 aliphatic heterocycles. The number of esters is 1. The molecule has 164 valence electrons. The zero-order valence-electron chi connectivity index (χ0n) is 17.0. The van der Waals surface area contributed by atoms with Gasteiger partial charge >= 0.3 is 5.97 Å². The van der Waals surface area contributed by atoms with Gasteiger partial charge in [-0.1, -0.05) is 35.3 Å². The average molecular weight is 481 g/mol. The zero-order chi connectivity index (χ0) is 23.3. The molecule has 7 nitrogen and oxygen atoms in total. The number of amides is 1. The van der Waals surface area contributed by atoms with Crippen molar-refractivity contribution in [2.24, 2.45) is 0 Å². The van der Waals surface area contributed by atoms with E-state index in [0.29, 0.717) is 27.0 Å². The smallest absolute Gasteiger partial charge is 0.337 e. The Labute approximate surface area is 197 Å². The maximum absolute atomic E-state index is 13.5. The maximum atomic E-state index is 13.5. The molecule has 0 N–H and O–H groups in total. The van der Waals surface area contributed by atoms with Gasteiger partial charge in [0.25, 0.3) is 5.91 Å². The highest BCUT2D eigenvalue weighted by Crippen LogP contribution is 2.41. The second-order valence-corrected chi connectivity index (χ2v) is 8.21. The van der Waals surface area contributed by atoms with Crippen molar-refractivity contribution in [2.75, 3.05) is 12.0 Å². The van der Waals surface area contributed by atoms with E-state index < -0.39 is 17.9 Å². The molecule has 1 aliphatic rings. The second kappa shape index (κ2) is 8.03. The van der Waals surface area contributed by atoms with Crippen LogP contribution in [-0.4, -0.2) is 24.0 Å². The number of methoxy groups -OCH3 is 1. The number of carbonyl (C=O) groups is 2. The van der Waals surface area contributed by atoms with Crippen LogP contribution in [-0.2, 0) is 4.74 Å². The van der Waals surface area contributed by atoms with Crippen molar-refractivity contribution >= 4 is 51.9 Å². The molecule has 0 bridgehead atoms. The van der Waals surface area contributed by atoms with Crippen molar-refractivity contribution in [2.45, 2.75) is 6.04 Å². The lowest BCUT2D eigenvalue weighted by Gasteiger charge is -2.24. The normalized spacial score (nSPS) is 15.1. The van der Waals surface area contributed by atoms with Gasteiger partial charge in [0.15, 0.2) is 5.43 Å². The number of hydrogen-bond donors (Lipinski definition) is 0. The van der Waals surface area contributed by atoms with Crippen molar-refractivity contribution in [3.05, 3.63) is 104 Å². The number of benzene rings is 2. The van der Waals surface area contributed by atoms with E-state index in [4.69, 9.17) is 32.4 Å². The molecular weight excluding hydrogens is 467 g/mol. The highest BCUT2D eigenvalue weighted by Gasteiger charge is 2.44. The molecule has 0 saturated heterocycles. The van der Waals surface area contributed by atoms with Gasteiger partial charge in [0.05, 0.1) is 34.7 Å². The zero-order valence-corrected chi connectivity index (χ0v) is 18.6. The minimum Gasteiger partial charge on any atom is -0.465 e. The molecule has 0 radical (unpaired) electrons. The molecule has 2 aromatic carbocycles. The topological polar surface area (TPSA) is 89.7 Å². The van der Waals surface area contributed by atoms with Gasteiger partial charge in [-0.2, -0.15) is 0 Å². The molecule has 1 amide bonds. The fourth-order valence-electron chi connectivity index (χ4n) is 3.93. The summed E-state index contributed by atoms with van der Waals surface area (Å²) in [5.41, 5.74) is 0.958. The number of halogens is 2. The Morgan fingerprint density at radius 2 is 1.76 bits per heavy atom. The van der Waals surface area contributed by atoms with Crippen molar-refractivity contribution in [3.63, 3.8) is 0 Å². The summed E-state index contributed by atoms with van der Waals surface area (Å²) in [4.78, 5) is 44.5. The molecule has 1 atom stereocenters. The molecule has 9 heteroatoms. The Kier molecular flexibility index (Phi) is 5.15. The lowest BCUT2D eigenvalue weighted by molar-refractivity contribution is 0.0600. The van der Waals surface area contributed by atoms with Crippen molar-refractivity contribution in [1.82, 2.24) is 4.98 Å². The Morgan fingerprint density at radius 1 is 1.03 bits per heavy atom. The van der Waals surface area contributed by atoms with Gasteiger partial charge in [-0.3, -0.25) is 14.5 Å². The fourth-order valence-corrected chi connectivity index (χ4v) is 4.21. The second-order valence-electron chi connectivity index (χ2n) is 7.34. The van der Waals surface area contributed by atoms with Crippen molar-refractivity contribution in [3.8, 4) is 0 Å². The number of rotatable bonds is 3. The van der Waals surface area contributed by atoms with Crippen LogP contribution >= 0.6 is 23.2 Å². The molecule has 0 aliphatic carbocycles. The first-order valence-corrected chi connectivity index (χ1v) is 10.5. The number of hydrogen-bond acceptors (Lipinski definition) is 6. The molecule has 0 fully saturated rings. The van der Waals surface area contributed by atoms with E-state index in [0.717, 1.165) is 0 Å². The molecule has 3 heterocycles. The molecule has 5 rings (SSSR count). The molecule has 33 heavy (non-hydrogen) atoms. The number of anilines is 1. The van der Waals surface area contributed by atoms with Crippen LogP contribution in [0.2, 0.25) is 10.0 Å². The van der Waals surface area contributed by atoms with E-state index >= 15 is 0 Å². The van der Waals surface area contributed by atoms with Crippen LogP contribution in [0.3, 0.4) is 0 Å². The number of fused-ring (bicyclic) bond motifs is 2. The first-order valence-electron chi connectivity index (χ1n) is 9.78. The van der Waals surface area contributed by atoms with Gasteiger partial charge in [0.2, 0.25) is 5.76 Å². The summed E-state index contributed by atoms with van der Waals surface area (Å²) in [6.07, 6.45) is 1.41. The third-order valence-electron chi connectivity index (χ3n) is 5.44. The third-order valence-corrected chi connectivity index (χ3v) is 5.90. The van der Waals surface area contributed by atoms with Crippen LogP contribution in [0.15, 0.2) is 70.0 Å². The van der Waals surface area contributed by atoms with Crippen LogP contribution in [0.4, 0.5) is 5.82 Å². The summed E-state index contributed by atoms with van der Waals surface area (Å²) in [6.45, 7) is 0. The van der Waals surface area contributed by atoms with E-state index in [1.54, 1.807) is 48.5 Å². The summed E-state index contributed by atoms with van der Waals surface area (Å²) in [5.74, 6) is -0.801. The summed E-state index contributed by atoms with van der Waals surface area (Å²) < 4.78 is 10.6. The van der Waals surface area contributed by atoms with E-state index in [1.165, 1.54) is 24.3 Å². The van der Waals surface area contributed by atoms with E-state index in [2.05, 4.69) is 4.98 Å². The van der Waals surface area contributed by atoms with Crippen molar-refractivity contribution in [1.29, 1.82) is 0 Å². The molecule has 0 spiro atoms. The highest BCUT2D eigenvalue weighted by atomic mass is 35.5. The number of aromatic nitrogens is 1. The quantitative estimate of drug-likeness (QED) is 0.382. The SMILES string of the molecule is COC(=O)c1ccc(C2c3c(oc4ccc(Cl)cc4c3=O)C(=O)N2c2ccc(Cl)cn2)cc1. The summed E-state index contributed by atoms with van der Waals surface area (Å²) >= 11 is 12.1. The highest BCUT2D eigenvalue weighted by molar-refractivity contribution is 6.31. The number of pyridine rings is 1. The molecule has 0 saturated carbocycles. The first kappa shape index (κ1) is 21.2. The maximum Gasteiger partial charge on any atom is 0.337 e. The molecule has 1 unspecified atom stereocenters.